The summed E-state index contributed by atoms with van der Waals surface area (Å²) in [5, 5.41) is 50.0. The monoisotopic (exact) mass is 1420 g/mol. The summed E-state index contributed by atoms with van der Waals surface area (Å²) in [4.78, 5) is 141. The molecule has 2 aliphatic rings. The zero-order valence-electron chi connectivity index (χ0n) is 59.1. The number of fused-ring (bicyclic) bond motifs is 3. The van der Waals surface area contributed by atoms with Gasteiger partial charge in [-0.1, -0.05) is 166 Å². The number of carbonyl (C=O) groups excluding carboxylic acids is 10. The highest BCUT2D eigenvalue weighted by Crippen LogP contribution is 2.36. The second kappa shape index (κ2) is 40.5. The number of ether oxygens (including phenoxy) is 2. The minimum Gasteiger partial charge on any atom is -0.564 e. The van der Waals surface area contributed by atoms with E-state index in [0.717, 1.165) is 32.7 Å². The number of nitrogens with one attached hydrogen (secondary N) is 4. The second-order valence-electron chi connectivity index (χ2n) is 26.1. The van der Waals surface area contributed by atoms with Crippen LogP contribution in [0.4, 0.5) is 10.5 Å². The number of benzene rings is 6. The molecule has 13 N–H and O–H groups in total. The number of hydrogen-bond acceptors (Lipinski definition) is 15. The quantitative estimate of drug-likeness (QED) is 0.00378. The third kappa shape index (κ3) is 24.3. The number of esters is 1. The van der Waals surface area contributed by atoms with Crippen LogP contribution >= 0.6 is 0 Å². The molecule has 23 heteroatoms. The average Bonchev–Trinajstić information content (AvgIpc) is 0.938. The summed E-state index contributed by atoms with van der Waals surface area (Å²) in [6, 6.07) is 50.5. The highest BCUT2D eigenvalue weighted by atomic mass is 16.6. The molecule has 0 aliphatic heterocycles. The molecule has 0 spiro atoms. The number of guanidine groups is 1. The van der Waals surface area contributed by atoms with Crippen molar-refractivity contribution in [3.05, 3.63) is 204 Å². The van der Waals surface area contributed by atoms with Gasteiger partial charge < -0.3 is 45.9 Å². The van der Waals surface area contributed by atoms with Crippen molar-refractivity contribution < 1.29 is 82.8 Å². The maximum Gasteiger partial charge on any atom is 0.521 e. The van der Waals surface area contributed by atoms with Crippen LogP contribution in [0.1, 0.15) is 99.7 Å². The lowest BCUT2D eigenvalue weighted by Gasteiger charge is -2.27. The molecule has 6 aromatic rings. The Balaban J connectivity index is 0.000000483. The van der Waals surface area contributed by atoms with Crippen LogP contribution in [-0.2, 0) is 67.1 Å². The standard InChI is InChI=1S/C60H72N6O12.C21H21NO4/c1-37(2)25-44(56(74)64-49(19-12-24-63-60(61)62)53(71)34-47(36-68)59(77)78)31-54(72)51(28-40-20-22-48(69)23-21-40)65-57(75)45(26-38-13-6-3-7-14-38)32-55(73)50(27-39-15-8-4-9-16-39)66-58(76)46(35-67)33-52(70)43-29-41-17-10-5-11-18-42(41)30-43;1-3-25-19(23)14-22(21(24)26-4-2)20-17-11-7-5-9-15(17)13-16-10-6-8-12-18(16)20/h3-11,13-18,20-23,29-30,37,44-47,49-51,67-69H,12,19,24-28,31-36H2,1-2H3,(H,64,74)(H,65,75)(H,66,76)(H,77,78)(H4,61,62,63);5-13H,3-4,14H2,1-2H3/p+2. The number of aromatic hydroxyl groups is 1. The summed E-state index contributed by atoms with van der Waals surface area (Å²) >= 11 is 0. The minimum absolute atomic E-state index is 0.0123. The summed E-state index contributed by atoms with van der Waals surface area (Å²) in [5.74, 6) is -10.6. The minimum atomic E-state index is -1.31. The maximum absolute atomic E-state index is 14.9. The molecule has 4 amide bonds. The van der Waals surface area contributed by atoms with Crippen molar-refractivity contribution in [1.82, 2.24) is 16.0 Å². The van der Waals surface area contributed by atoms with Crippen molar-refractivity contribution in [2.75, 3.05) is 44.4 Å². The van der Waals surface area contributed by atoms with E-state index in [1.807, 2.05) is 92.7 Å². The molecule has 548 valence electrons. The van der Waals surface area contributed by atoms with Crippen molar-refractivity contribution in [1.29, 1.82) is 0 Å². The van der Waals surface area contributed by atoms with Crippen molar-refractivity contribution in [2.45, 2.75) is 110 Å². The Morgan fingerprint density at radius 1 is 0.519 bits per heavy atom. The van der Waals surface area contributed by atoms with Gasteiger partial charge in [-0.25, -0.2) is 4.79 Å². The van der Waals surface area contributed by atoms with E-state index in [-0.39, 0.29) is 94.7 Å². The number of amides is 4. The first-order valence-electron chi connectivity index (χ1n) is 35.0. The third-order valence-corrected chi connectivity index (χ3v) is 17.7. The van der Waals surface area contributed by atoms with Crippen LogP contribution in [0.2, 0.25) is 0 Å². The number of rotatable bonds is 38. The normalized spacial score (nSPS) is 13.1. The van der Waals surface area contributed by atoms with Gasteiger partial charge >= 0.3 is 24.0 Å². The number of phenolic OH excluding ortho intramolecular Hbond substituents is 1. The molecule has 23 nitrogen and oxygen atoms in total. The molecule has 0 heterocycles. The topological polar surface area (TPSA) is 378 Å². The fourth-order valence-corrected chi connectivity index (χ4v) is 12.3. The Hall–Kier alpha value is -11.2. The Labute approximate surface area is 604 Å². The van der Waals surface area contributed by atoms with Crippen LogP contribution in [0.15, 0.2) is 182 Å². The zero-order valence-corrected chi connectivity index (χ0v) is 59.1. The van der Waals surface area contributed by atoms with E-state index in [4.69, 9.17) is 26.0 Å². The molecule has 0 radical (unpaired) electrons. The van der Waals surface area contributed by atoms with Crippen LogP contribution in [0.5, 0.6) is 5.75 Å². The van der Waals surface area contributed by atoms with Crippen LogP contribution < -0.4 is 37.3 Å². The van der Waals surface area contributed by atoms with E-state index in [1.54, 1.807) is 98.8 Å². The first-order valence-corrected chi connectivity index (χ1v) is 35.0. The van der Waals surface area contributed by atoms with Gasteiger partial charge in [-0.3, -0.25) is 59.7 Å². The predicted molar refractivity (Wildman–Crippen MR) is 396 cm³/mol. The molecule has 104 heavy (non-hydrogen) atoms. The molecular formula is C81H95N7O16+2. The van der Waals surface area contributed by atoms with E-state index in [0.29, 0.717) is 27.9 Å². The first-order chi connectivity index (χ1) is 50.0. The lowest BCUT2D eigenvalue weighted by Crippen LogP contribution is -2.78. The summed E-state index contributed by atoms with van der Waals surface area (Å²) in [6.07, 6.45) is -1.76. The summed E-state index contributed by atoms with van der Waals surface area (Å²) in [6.45, 7) is 6.24. The molecular weight excluding hydrogens is 1330 g/mol. The first kappa shape index (κ1) is 80.1. The molecule has 7 atom stereocenters. The van der Waals surface area contributed by atoms with Gasteiger partial charge in [0.05, 0.1) is 62.7 Å². The number of nitrogens with two attached hydrogens (primary N) is 2. The fourth-order valence-electron chi connectivity index (χ4n) is 12.3. The van der Waals surface area contributed by atoms with Gasteiger partial charge in [0.1, 0.15) is 18.2 Å². The molecule has 2 aliphatic carbocycles. The Kier molecular flexibility index (Phi) is 31.2. The molecule has 0 fully saturated rings. The fraction of sp³-hybridized carbons (Fsp3) is 0.346. The van der Waals surface area contributed by atoms with Crippen LogP contribution in [-0.4, -0.2) is 143 Å². The van der Waals surface area contributed by atoms with Gasteiger partial charge in [0.2, 0.25) is 17.7 Å². The number of phenols is 1. The highest BCUT2D eigenvalue weighted by molar-refractivity contribution is 6.16. The molecule has 0 saturated heterocycles. The van der Waals surface area contributed by atoms with Gasteiger partial charge in [-0.05, 0) is 127 Å². The van der Waals surface area contributed by atoms with E-state index < -0.39 is 127 Å². The lowest BCUT2D eigenvalue weighted by molar-refractivity contribution is -0.459. The van der Waals surface area contributed by atoms with E-state index in [1.165, 1.54) is 17.0 Å². The molecule has 0 saturated carbocycles. The van der Waals surface area contributed by atoms with E-state index >= 15 is 0 Å². The molecule has 8 rings (SSSR count). The number of aliphatic hydroxyl groups excluding tert-OH is 2. The van der Waals surface area contributed by atoms with E-state index in [9.17, 15) is 63.3 Å². The number of anilines is 1. The predicted octanol–water partition coefficient (Wildman–Crippen LogP) is 6.53. The van der Waals surface area contributed by atoms with Gasteiger partial charge in [-0.2, -0.15) is 0 Å². The maximum atomic E-state index is 14.9. The molecule has 7 unspecified atom stereocenters. The largest absolute Gasteiger partial charge is 0.564 e. The third-order valence-electron chi connectivity index (χ3n) is 17.7. The number of hydrogen-bond donors (Lipinski definition) is 9. The van der Waals surface area contributed by atoms with Crippen LogP contribution in [0, 0.1) is 29.6 Å². The van der Waals surface area contributed by atoms with Crippen LogP contribution in [0.3, 0.4) is 0 Å². The summed E-state index contributed by atoms with van der Waals surface area (Å²) in [7, 11) is 0. The Morgan fingerprint density at radius 3 is 1.48 bits per heavy atom. The SMILES string of the molecule is CC(C)CC(CC(=O)C(Cc1ccc(O)cc1)NC(=O)C(CC(=O)C(Cc1ccccc1)NC(=O)C(CO)CC(=O)c1cc2cccccc-2c1)Cc1ccccc1)C(=O)NC(CCC[NH+]=C(N)N)C(=O)CC(CO)C(=O)[OH2+].CCOC(=O)CN(C(=O)OCC)c1c2ccccc2cc2ccccc12. The molecule has 0 aromatic heterocycles. The van der Waals surface area contributed by atoms with Gasteiger partial charge in [-0.15, -0.1) is 0 Å². The van der Waals surface area contributed by atoms with Gasteiger partial charge in [0.25, 0.3) is 0 Å². The number of nitrogens with zero attached hydrogens (tertiary/aromatic N) is 1. The number of Topliss-reactive ketones (excluding diaryl/α,β-unsaturated/α-hetero) is 4. The van der Waals surface area contributed by atoms with Gasteiger partial charge in [0, 0.05) is 58.6 Å². The molecule has 0 bridgehead atoms. The number of carbonyl (C=O) groups is 10. The Bertz CT molecular complexity index is 4140. The number of ketones is 4. The van der Waals surface area contributed by atoms with Crippen molar-refractivity contribution in [2.24, 2.45) is 41.1 Å². The summed E-state index contributed by atoms with van der Waals surface area (Å²) in [5.41, 5.74) is 15.7. The van der Waals surface area contributed by atoms with Crippen molar-refractivity contribution >= 4 is 92.1 Å². The number of aliphatic hydroxyl groups is 2. The van der Waals surface area contributed by atoms with Crippen LogP contribution in [0.25, 0.3) is 32.7 Å². The Morgan fingerprint density at radius 2 is 0.971 bits per heavy atom. The highest BCUT2D eigenvalue weighted by Gasteiger charge is 2.37. The summed E-state index contributed by atoms with van der Waals surface area (Å²) < 4.78 is 10.3. The van der Waals surface area contributed by atoms with E-state index in [2.05, 4.69) is 27.0 Å². The van der Waals surface area contributed by atoms with Gasteiger partial charge in [0.15, 0.2) is 23.1 Å². The average molecular weight is 1420 g/mol. The lowest BCUT2D eigenvalue weighted by atomic mass is 9.86. The molecule has 6 aromatic carbocycles. The second-order valence-corrected chi connectivity index (χ2v) is 26.1. The van der Waals surface area contributed by atoms with Crippen molar-refractivity contribution in [3.8, 4) is 16.9 Å². The zero-order chi connectivity index (χ0) is 75.2. The van der Waals surface area contributed by atoms with Crippen molar-refractivity contribution in [3.63, 3.8) is 0 Å². The smallest absolute Gasteiger partial charge is 0.521 e.